The van der Waals surface area contributed by atoms with Crippen LogP contribution in [0.15, 0.2) is 24.3 Å². The Bertz CT molecular complexity index is 405. The zero-order valence-corrected chi connectivity index (χ0v) is 12.0. The van der Waals surface area contributed by atoms with Gasteiger partial charge in [0, 0.05) is 19.0 Å². The molecule has 3 N–H and O–H groups in total. The van der Waals surface area contributed by atoms with E-state index in [2.05, 4.69) is 19.2 Å². The predicted octanol–water partition coefficient (Wildman–Crippen LogP) is 1.93. The van der Waals surface area contributed by atoms with Gasteiger partial charge in [-0.25, -0.2) is 0 Å². The highest BCUT2D eigenvalue weighted by Gasteiger charge is 2.09. The molecule has 1 unspecified atom stereocenters. The van der Waals surface area contributed by atoms with Crippen LogP contribution >= 0.6 is 0 Å². The van der Waals surface area contributed by atoms with Crippen molar-refractivity contribution < 1.29 is 9.53 Å². The second kappa shape index (κ2) is 7.79. The topological polar surface area (TPSA) is 64.3 Å². The Kier molecular flexibility index (Phi) is 6.36. The zero-order chi connectivity index (χ0) is 14.3. The number of ether oxygens (including phenoxy) is 1. The smallest absolute Gasteiger partial charge is 0.224 e. The largest absolute Gasteiger partial charge is 0.493 e. The molecule has 0 saturated heterocycles. The van der Waals surface area contributed by atoms with Crippen molar-refractivity contribution in [3.8, 4) is 5.75 Å². The maximum Gasteiger partial charge on any atom is 0.224 e. The van der Waals surface area contributed by atoms with Crippen LogP contribution in [0.3, 0.4) is 0 Å². The Morgan fingerprint density at radius 1 is 1.37 bits per heavy atom. The molecule has 0 bridgehead atoms. The van der Waals surface area contributed by atoms with Crippen LogP contribution in [0.2, 0.25) is 0 Å². The second-order valence-corrected chi connectivity index (χ2v) is 5.21. The van der Waals surface area contributed by atoms with Crippen molar-refractivity contribution in [2.24, 2.45) is 17.6 Å². The standard InChI is InChI=1S/C15H24N2O2/c1-11(2)10-19-14-6-4-5-13(7-14)9-17-15(18)12(3)8-16/h4-7,11-12H,8-10,16H2,1-3H3,(H,17,18). The second-order valence-electron chi connectivity index (χ2n) is 5.21. The number of carbonyl (C=O) groups excluding carboxylic acids is 1. The van der Waals surface area contributed by atoms with Gasteiger partial charge in [0.15, 0.2) is 0 Å². The van der Waals surface area contributed by atoms with Crippen LogP contribution in [0, 0.1) is 11.8 Å². The van der Waals surface area contributed by atoms with Gasteiger partial charge >= 0.3 is 0 Å². The van der Waals surface area contributed by atoms with Gasteiger partial charge in [-0.15, -0.1) is 0 Å². The fourth-order valence-electron chi connectivity index (χ4n) is 1.48. The van der Waals surface area contributed by atoms with Crippen molar-refractivity contribution in [1.29, 1.82) is 0 Å². The van der Waals surface area contributed by atoms with E-state index in [-0.39, 0.29) is 11.8 Å². The summed E-state index contributed by atoms with van der Waals surface area (Å²) in [6.07, 6.45) is 0. The minimum absolute atomic E-state index is 0.0176. The Balaban J connectivity index is 2.50. The number of benzene rings is 1. The molecular weight excluding hydrogens is 240 g/mol. The van der Waals surface area contributed by atoms with Gasteiger partial charge in [-0.3, -0.25) is 4.79 Å². The zero-order valence-electron chi connectivity index (χ0n) is 12.0. The molecule has 4 heteroatoms. The molecule has 0 saturated carbocycles. The van der Waals surface area contributed by atoms with E-state index in [9.17, 15) is 4.79 Å². The molecule has 0 aliphatic carbocycles. The molecular formula is C15H24N2O2. The fourth-order valence-corrected chi connectivity index (χ4v) is 1.48. The van der Waals surface area contributed by atoms with Gasteiger partial charge in [0.2, 0.25) is 5.91 Å². The lowest BCUT2D eigenvalue weighted by Crippen LogP contribution is -2.32. The van der Waals surface area contributed by atoms with E-state index in [1.54, 1.807) is 0 Å². The molecule has 1 aromatic rings. The Morgan fingerprint density at radius 3 is 2.74 bits per heavy atom. The van der Waals surface area contributed by atoms with Crippen LogP contribution in [0.25, 0.3) is 0 Å². The van der Waals surface area contributed by atoms with Gasteiger partial charge in [-0.1, -0.05) is 32.9 Å². The summed E-state index contributed by atoms with van der Waals surface area (Å²) in [7, 11) is 0. The highest BCUT2D eigenvalue weighted by molar-refractivity contribution is 5.78. The summed E-state index contributed by atoms with van der Waals surface area (Å²) in [5, 5.41) is 2.87. The maximum absolute atomic E-state index is 11.6. The van der Waals surface area contributed by atoms with Gasteiger partial charge in [-0.2, -0.15) is 0 Å². The monoisotopic (exact) mass is 264 g/mol. The van der Waals surface area contributed by atoms with Crippen molar-refractivity contribution in [2.45, 2.75) is 27.3 Å². The molecule has 0 aromatic heterocycles. The van der Waals surface area contributed by atoms with Gasteiger partial charge < -0.3 is 15.8 Å². The molecule has 0 aliphatic rings. The molecule has 1 rings (SSSR count). The van der Waals surface area contributed by atoms with Gasteiger partial charge in [-0.05, 0) is 23.6 Å². The maximum atomic E-state index is 11.6. The van der Waals surface area contributed by atoms with E-state index in [0.29, 0.717) is 25.6 Å². The van der Waals surface area contributed by atoms with E-state index < -0.39 is 0 Å². The summed E-state index contributed by atoms with van der Waals surface area (Å²) in [5.74, 6) is 1.16. The average molecular weight is 264 g/mol. The minimum Gasteiger partial charge on any atom is -0.493 e. The number of nitrogens with one attached hydrogen (secondary N) is 1. The summed E-state index contributed by atoms with van der Waals surface area (Å²) in [6.45, 7) is 7.60. The number of amides is 1. The highest BCUT2D eigenvalue weighted by atomic mass is 16.5. The summed E-state index contributed by atoms with van der Waals surface area (Å²) >= 11 is 0. The molecule has 0 spiro atoms. The van der Waals surface area contributed by atoms with E-state index >= 15 is 0 Å². The number of carbonyl (C=O) groups is 1. The van der Waals surface area contributed by atoms with Gasteiger partial charge in [0.05, 0.1) is 6.61 Å². The summed E-state index contributed by atoms with van der Waals surface area (Å²) in [5.41, 5.74) is 6.48. The van der Waals surface area contributed by atoms with Crippen LogP contribution in [-0.4, -0.2) is 19.1 Å². The summed E-state index contributed by atoms with van der Waals surface area (Å²) in [6, 6.07) is 7.78. The quantitative estimate of drug-likeness (QED) is 0.791. The number of hydrogen-bond acceptors (Lipinski definition) is 3. The molecule has 19 heavy (non-hydrogen) atoms. The molecule has 1 atom stereocenters. The van der Waals surface area contributed by atoms with Crippen molar-refractivity contribution in [1.82, 2.24) is 5.32 Å². The number of nitrogens with two attached hydrogens (primary N) is 1. The molecule has 4 nitrogen and oxygen atoms in total. The van der Waals surface area contributed by atoms with Crippen molar-refractivity contribution in [3.05, 3.63) is 29.8 Å². The predicted molar refractivity (Wildman–Crippen MR) is 76.8 cm³/mol. The SMILES string of the molecule is CC(C)COc1cccc(CNC(=O)C(C)CN)c1. The first-order valence-electron chi connectivity index (χ1n) is 6.72. The molecule has 0 heterocycles. The third kappa shape index (κ3) is 5.75. The first kappa shape index (κ1) is 15.5. The number of hydrogen-bond donors (Lipinski definition) is 2. The average Bonchev–Trinajstić information content (AvgIpc) is 2.42. The van der Waals surface area contributed by atoms with Crippen LogP contribution < -0.4 is 15.8 Å². The van der Waals surface area contributed by atoms with Crippen molar-refractivity contribution in [3.63, 3.8) is 0 Å². The van der Waals surface area contributed by atoms with Crippen LogP contribution in [0.5, 0.6) is 5.75 Å². The third-order valence-electron chi connectivity index (χ3n) is 2.75. The van der Waals surface area contributed by atoms with Gasteiger partial charge in [0.1, 0.15) is 5.75 Å². The van der Waals surface area contributed by atoms with Crippen LogP contribution in [0.1, 0.15) is 26.3 Å². The van der Waals surface area contributed by atoms with E-state index in [1.165, 1.54) is 0 Å². The van der Waals surface area contributed by atoms with Crippen molar-refractivity contribution in [2.75, 3.05) is 13.2 Å². The summed E-state index contributed by atoms with van der Waals surface area (Å²) in [4.78, 5) is 11.6. The molecule has 1 amide bonds. The lowest BCUT2D eigenvalue weighted by Gasteiger charge is -2.12. The van der Waals surface area contributed by atoms with Crippen LogP contribution in [-0.2, 0) is 11.3 Å². The lowest BCUT2D eigenvalue weighted by molar-refractivity contribution is -0.124. The molecule has 0 fully saturated rings. The molecule has 106 valence electrons. The first-order valence-corrected chi connectivity index (χ1v) is 6.72. The normalized spacial score (nSPS) is 12.3. The van der Waals surface area contributed by atoms with E-state index in [4.69, 9.17) is 10.5 Å². The Morgan fingerprint density at radius 2 is 2.11 bits per heavy atom. The van der Waals surface area contributed by atoms with E-state index in [1.807, 2.05) is 31.2 Å². The molecule has 1 aromatic carbocycles. The number of rotatable bonds is 7. The van der Waals surface area contributed by atoms with Gasteiger partial charge in [0.25, 0.3) is 0 Å². The fraction of sp³-hybridized carbons (Fsp3) is 0.533. The molecule has 0 aliphatic heterocycles. The Hall–Kier alpha value is -1.55. The van der Waals surface area contributed by atoms with Crippen molar-refractivity contribution >= 4 is 5.91 Å². The Labute approximate surface area is 115 Å². The summed E-state index contributed by atoms with van der Waals surface area (Å²) < 4.78 is 5.65. The third-order valence-corrected chi connectivity index (χ3v) is 2.75. The minimum atomic E-state index is -0.152. The highest BCUT2D eigenvalue weighted by Crippen LogP contribution is 2.14. The lowest BCUT2D eigenvalue weighted by atomic mass is 10.1. The first-order chi connectivity index (χ1) is 9.02. The molecule has 0 radical (unpaired) electrons. The van der Waals surface area contributed by atoms with E-state index in [0.717, 1.165) is 11.3 Å². The van der Waals surface area contributed by atoms with Crippen LogP contribution in [0.4, 0.5) is 0 Å².